The van der Waals surface area contributed by atoms with Crippen LogP contribution in [0.4, 0.5) is 0 Å². The van der Waals surface area contributed by atoms with Crippen molar-refractivity contribution in [2.24, 2.45) is 0 Å². The van der Waals surface area contributed by atoms with Crippen LogP contribution < -0.4 is 0 Å². The number of methoxy groups -OCH3 is 1. The molecule has 0 unspecified atom stereocenters. The summed E-state index contributed by atoms with van der Waals surface area (Å²) < 4.78 is 5.02. The van der Waals surface area contributed by atoms with Gasteiger partial charge in [0.1, 0.15) is 0 Å². The van der Waals surface area contributed by atoms with Crippen molar-refractivity contribution >= 4 is 5.91 Å². The number of hydrogen-bond acceptors (Lipinski definition) is 3. The van der Waals surface area contributed by atoms with E-state index in [-0.39, 0.29) is 11.9 Å². The van der Waals surface area contributed by atoms with Gasteiger partial charge in [0, 0.05) is 25.7 Å². The predicted molar refractivity (Wildman–Crippen MR) is 66.5 cm³/mol. The fraction of sp³-hybridized carbons (Fsp3) is 0.917. The van der Waals surface area contributed by atoms with Crippen LogP contribution in [0, 0.1) is 0 Å². The van der Waals surface area contributed by atoms with E-state index in [1.807, 2.05) is 30.7 Å². The van der Waals surface area contributed by atoms with Gasteiger partial charge in [-0.15, -0.1) is 0 Å². The molecular formula is C12H26N2O2. The molecule has 96 valence electrons. The first-order chi connectivity index (χ1) is 7.40. The molecule has 0 radical (unpaired) electrons. The number of ether oxygens (including phenoxy) is 1. The summed E-state index contributed by atoms with van der Waals surface area (Å²) in [6.45, 7) is 9.96. The van der Waals surface area contributed by atoms with E-state index >= 15 is 0 Å². The van der Waals surface area contributed by atoms with Gasteiger partial charge in [0.05, 0.1) is 13.2 Å². The van der Waals surface area contributed by atoms with Crippen molar-refractivity contribution in [1.82, 2.24) is 9.80 Å². The smallest absolute Gasteiger partial charge is 0.237 e. The largest absolute Gasteiger partial charge is 0.383 e. The summed E-state index contributed by atoms with van der Waals surface area (Å²) in [5.41, 5.74) is 0. The molecule has 0 aliphatic rings. The Kier molecular flexibility index (Phi) is 7.34. The number of likely N-dealkylation sites (N-methyl/N-ethyl adjacent to an activating group) is 1. The van der Waals surface area contributed by atoms with Crippen molar-refractivity contribution in [1.29, 1.82) is 0 Å². The maximum Gasteiger partial charge on any atom is 0.237 e. The zero-order chi connectivity index (χ0) is 12.7. The Hall–Kier alpha value is -0.610. The average molecular weight is 230 g/mol. The molecule has 4 nitrogen and oxygen atoms in total. The Morgan fingerprint density at radius 2 is 1.75 bits per heavy atom. The van der Waals surface area contributed by atoms with Crippen molar-refractivity contribution in [2.45, 2.75) is 39.8 Å². The lowest BCUT2D eigenvalue weighted by Crippen LogP contribution is -2.45. The summed E-state index contributed by atoms with van der Waals surface area (Å²) in [6, 6.07) is 0.614. The van der Waals surface area contributed by atoms with E-state index in [0.29, 0.717) is 25.7 Å². The number of hydrogen-bond donors (Lipinski definition) is 0. The van der Waals surface area contributed by atoms with Crippen LogP contribution in [0.25, 0.3) is 0 Å². The predicted octanol–water partition coefficient (Wildman–Crippen LogP) is 1.21. The van der Waals surface area contributed by atoms with Crippen LogP contribution in [-0.2, 0) is 9.53 Å². The van der Waals surface area contributed by atoms with Crippen molar-refractivity contribution < 1.29 is 9.53 Å². The molecule has 0 saturated heterocycles. The van der Waals surface area contributed by atoms with Gasteiger partial charge in [0.2, 0.25) is 5.91 Å². The monoisotopic (exact) mass is 230 g/mol. The lowest BCUT2D eigenvalue weighted by atomic mass is 10.3. The van der Waals surface area contributed by atoms with E-state index in [4.69, 9.17) is 4.74 Å². The van der Waals surface area contributed by atoms with E-state index in [2.05, 4.69) is 13.8 Å². The molecule has 16 heavy (non-hydrogen) atoms. The standard InChI is InChI=1S/C12H26N2O2/c1-10(2)13(5)9-12(15)14(11(3)4)7-8-16-6/h10-11H,7-9H2,1-6H3. The third-order valence-corrected chi connectivity index (χ3v) is 2.75. The van der Waals surface area contributed by atoms with E-state index in [0.717, 1.165) is 0 Å². The highest BCUT2D eigenvalue weighted by Crippen LogP contribution is 2.02. The van der Waals surface area contributed by atoms with Gasteiger partial charge in [-0.05, 0) is 34.7 Å². The highest BCUT2D eigenvalue weighted by molar-refractivity contribution is 5.78. The Morgan fingerprint density at radius 1 is 1.19 bits per heavy atom. The first-order valence-corrected chi connectivity index (χ1v) is 5.88. The summed E-state index contributed by atoms with van der Waals surface area (Å²) in [5, 5.41) is 0. The number of carbonyl (C=O) groups is 1. The average Bonchev–Trinajstić information content (AvgIpc) is 2.17. The van der Waals surface area contributed by atoms with E-state index < -0.39 is 0 Å². The molecule has 0 spiro atoms. The highest BCUT2D eigenvalue weighted by Gasteiger charge is 2.18. The third-order valence-electron chi connectivity index (χ3n) is 2.75. The quantitative estimate of drug-likeness (QED) is 0.659. The maximum atomic E-state index is 12.0. The first-order valence-electron chi connectivity index (χ1n) is 5.88. The second-order valence-corrected chi connectivity index (χ2v) is 4.68. The SMILES string of the molecule is COCCN(C(=O)CN(C)C(C)C)C(C)C. The van der Waals surface area contributed by atoms with Crippen molar-refractivity contribution in [3.63, 3.8) is 0 Å². The van der Waals surface area contributed by atoms with Crippen LogP contribution >= 0.6 is 0 Å². The van der Waals surface area contributed by atoms with E-state index in [1.165, 1.54) is 0 Å². The molecular weight excluding hydrogens is 204 g/mol. The third kappa shape index (κ3) is 5.47. The topological polar surface area (TPSA) is 32.8 Å². The molecule has 0 atom stereocenters. The van der Waals surface area contributed by atoms with E-state index in [1.54, 1.807) is 7.11 Å². The highest BCUT2D eigenvalue weighted by atomic mass is 16.5. The summed E-state index contributed by atoms with van der Waals surface area (Å²) in [5.74, 6) is 0.170. The summed E-state index contributed by atoms with van der Waals surface area (Å²) in [4.78, 5) is 15.9. The number of rotatable bonds is 7. The minimum Gasteiger partial charge on any atom is -0.383 e. The molecule has 0 N–H and O–H groups in total. The van der Waals surface area contributed by atoms with Gasteiger partial charge < -0.3 is 9.64 Å². The molecule has 0 aromatic carbocycles. The molecule has 1 amide bonds. The summed E-state index contributed by atoms with van der Waals surface area (Å²) >= 11 is 0. The lowest BCUT2D eigenvalue weighted by Gasteiger charge is -2.29. The van der Waals surface area contributed by atoms with Crippen LogP contribution in [0.15, 0.2) is 0 Å². The molecule has 0 saturated carbocycles. The second kappa shape index (κ2) is 7.63. The minimum atomic E-state index is 0.170. The van der Waals surface area contributed by atoms with Gasteiger partial charge >= 0.3 is 0 Å². The summed E-state index contributed by atoms with van der Waals surface area (Å²) in [7, 11) is 3.63. The van der Waals surface area contributed by atoms with E-state index in [9.17, 15) is 4.79 Å². The molecule has 0 rings (SSSR count). The fourth-order valence-corrected chi connectivity index (χ4v) is 1.35. The first kappa shape index (κ1) is 15.4. The molecule has 0 fully saturated rings. The van der Waals surface area contributed by atoms with Gasteiger partial charge in [-0.2, -0.15) is 0 Å². The van der Waals surface area contributed by atoms with Crippen LogP contribution in [0.1, 0.15) is 27.7 Å². The zero-order valence-corrected chi connectivity index (χ0v) is 11.5. The van der Waals surface area contributed by atoms with Gasteiger partial charge in [0.25, 0.3) is 0 Å². The molecule has 0 aromatic heterocycles. The molecule has 0 heterocycles. The second-order valence-electron chi connectivity index (χ2n) is 4.68. The number of amides is 1. The molecule has 0 aliphatic heterocycles. The van der Waals surface area contributed by atoms with Crippen LogP contribution in [0.3, 0.4) is 0 Å². The zero-order valence-electron chi connectivity index (χ0n) is 11.5. The van der Waals surface area contributed by atoms with Crippen LogP contribution in [0.2, 0.25) is 0 Å². The molecule has 4 heteroatoms. The Balaban J connectivity index is 4.27. The maximum absolute atomic E-state index is 12.0. The van der Waals surface area contributed by atoms with Gasteiger partial charge in [-0.3, -0.25) is 9.69 Å². The molecule has 0 aromatic rings. The van der Waals surface area contributed by atoms with Gasteiger partial charge in [-0.1, -0.05) is 0 Å². The molecule has 0 bridgehead atoms. The molecule has 0 aliphatic carbocycles. The van der Waals surface area contributed by atoms with Crippen molar-refractivity contribution in [3.05, 3.63) is 0 Å². The van der Waals surface area contributed by atoms with Crippen LogP contribution in [0.5, 0.6) is 0 Å². The normalized spacial score (nSPS) is 11.6. The number of nitrogens with zero attached hydrogens (tertiary/aromatic N) is 2. The fourth-order valence-electron chi connectivity index (χ4n) is 1.35. The summed E-state index contributed by atoms with van der Waals surface area (Å²) in [6.07, 6.45) is 0. The minimum absolute atomic E-state index is 0.170. The van der Waals surface area contributed by atoms with Crippen LogP contribution in [-0.4, -0.2) is 61.6 Å². The van der Waals surface area contributed by atoms with Gasteiger partial charge in [0.15, 0.2) is 0 Å². The van der Waals surface area contributed by atoms with Crippen molar-refractivity contribution in [3.8, 4) is 0 Å². The Bertz CT molecular complexity index is 205. The van der Waals surface area contributed by atoms with Gasteiger partial charge in [-0.25, -0.2) is 0 Å². The Morgan fingerprint density at radius 3 is 2.12 bits per heavy atom. The Labute approximate surface area is 99.5 Å². The number of carbonyl (C=O) groups excluding carboxylic acids is 1. The lowest BCUT2D eigenvalue weighted by molar-refractivity contribution is -0.134. The van der Waals surface area contributed by atoms with Crippen molar-refractivity contribution in [2.75, 3.05) is 33.9 Å².